The van der Waals surface area contributed by atoms with E-state index in [0.717, 1.165) is 59.5 Å². The lowest BCUT2D eigenvalue weighted by atomic mass is 9.94. The predicted octanol–water partition coefficient (Wildman–Crippen LogP) is 6.13. The van der Waals surface area contributed by atoms with Gasteiger partial charge in [0.2, 0.25) is 5.95 Å². The molecule has 2 aromatic carbocycles. The molecule has 1 unspecified atom stereocenters. The highest BCUT2D eigenvalue weighted by atomic mass is 35.5. The molecule has 0 saturated heterocycles. The van der Waals surface area contributed by atoms with Crippen LogP contribution in [0.4, 0.5) is 24.8 Å². The molecular formula is C26H26ClF3N6O3. The Morgan fingerprint density at radius 3 is 2.51 bits per heavy atom. The second-order valence-electron chi connectivity index (χ2n) is 8.85. The van der Waals surface area contributed by atoms with Gasteiger partial charge >= 0.3 is 12.1 Å². The minimum absolute atomic E-state index is 0.208. The Hall–Kier alpha value is -4.06. The lowest BCUT2D eigenvalue weighted by molar-refractivity contribution is -0.192. The maximum absolute atomic E-state index is 10.6. The number of ether oxygens (including phenoxy) is 1. The van der Waals surface area contributed by atoms with Gasteiger partial charge in [0.1, 0.15) is 11.6 Å². The molecule has 206 valence electrons. The zero-order valence-electron chi connectivity index (χ0n) is 21.1. The number of aromatic nitrogens is 5. The van der Waals surface area contributed by atoms with E-state index < -0.39 is 12.1 Å². The van der Waals surface area contributed by atoms with Crippen molar-refractivity contribution in [3.05, 3.63) is 77.1 Å². The van der Waals surface area contributed by atoms with E-state index >= 15 is 0 Å². The first-order chi connectivity index (χ1) is 18.5. The maximum atomic E-state index is 10.6. The molecule has 1 aliphatic rings. The first-order valence-electron chi connectivity index (χ1n) is 12.0. The van der Waals surface area contributed by atoms with Crippen molar-refractivity contribution in [3.63, 3.8) is 0 Å². The average Bonchev–Trinajstić information content (AvgIpc) is 3.45. The Morgan fingerprint density at radius 1 is 1.18 bits per heavy atom. The van der Waals surface area contributed by atoms with Gasteiger partial charge in [-0.1, -0.05) is 30.2 Å². The fourth-order valence-electron chi connectivity index (χ4n) is 4.23. The summed E-state index contributed by atoms with van der Waals surface area (Å²) in [7, 11) is 1.67. The van der Waals surface area contributed by atoms with E-state index in [1.54, 1.807) is 13.4 Å². The van der Waals surface area contributed by atoms with Crippen LogP contribution >= 0.6 is 11.6 Å². The van der Waals surface area contributed by atoms with Crippen LogP contribution in [0, 0.1) is 6.92 Å². The third-order valence-electron chi connectivity index (χ3n) is 6.07. The lowest BCUT2D eigenvalue weighted by Gasteiger charge is -2.14. The van der Waals surface area contributed by atoms with E-state index in [1.807, 2.05) is 52.7 Å². The molecule has 4 aromatic rings. The number of methoxy groups -OCH3 is 1. The number of hydrogen-bond donors (Lipinski definition) is 2. The van der Waals surface area contributed by atoms with Crippen LogP contribution in [0.15, 0.2) is 55.0 Å². The summed E-state index contributed by atoms with van der Waals surface area (Å²) in [6, 6.07) is 14.0. The van der Waals surface area contributed by atoms with Crippen LogP contribution in [0.25, 0.3) is 5.69 Å². The highest BCUT2D eigenvalue weighted by Gasteiger charge is 2.38. The number of imidazole rings is 1. The number of alkyl halides is 3. The van der Waals surface area contributed by atoms with Crippen molar-refractivity contribution >= 4 is 29.2 Å². The van der Waals surface area contributed by atoms with Gasteiger partial charge in [0.15, 0.2) is 0 Å². The van der Waals surface area contributed by atoms with Crippen molar-refractivity contribution < 1.29 is 27.8 Å². The van der Waals surface area contributed by atoms with Crippen molar-refractivity contribution in [1.82, 2.24) is 24.3 Å². The lowest BCUT2D eigenvalue weighted by Crippen LogP contribution is -2.21. The molecular weight excluding hydrogens is 537 g/mol. The van der Waals surface area contributed by atoms with Crippen LogP contribution < -0.4 is 10.1 Å². The molecule has 2 N–H and O–H groups in total. The molecule has 13 heteroatoms. The fourth-order valence-corrected chi connectivity index (χ4v) is 4.36. The summed E-state index contributed by atoms with van der Waals surface area (Å²) in [5.74, 6) is -0.224. The number of aryl methyl sites for hydroxylation is 2. The first-order valence-corrected chi connectivity index (χ1v) is 12.4. The van der Waals surface area contributed by atoms with Crippen molar-refractivity contribution in [1.29, 1.82) is 0 Å². The second kappa shape index (κ2) is 11.8. The standard InChI is InChI=1S/C24H25ClN6O.C2HF3O2/c1-16-14-30(15-26-16)21-11-10-19(13-22(21)32-2)27-24-28-23-20(5-3-4-12-31(23)29-24)17-6-8-18(25)9-7-17;3-2(4,5)1(6)7/h6-11,13-15,20H,3-5,12H2,1-2H3,(H,27,29);(H,6,7). The monoisotopic (exact) mass is 562 g/mol. The van der Waals surface area contributed by atoms with E-state index in [1.165, 1.54) is 5.56 Å². The minimum atomic E-state index is -5.08. The van der Waals surface area contributed by atoms with E-state index in [0.29, 0.717) is 5.95 Å². The number of nitrogens with one attached hydrogen (secondary N) is 1. The normalized spacial score (nSPS) is 15.0. The molecule has 2 aromatic heterocycles. The largest absolute Gasteiger partial charge is 0.494 e. The smallest absolute Gasteiger partial charge is 0.490 e. The van der Waals surface area contributed by atoms with E-state index in [9.17, 15) is 13.2 Å². The van der Waals surface area contributed by atoms with Gasteiger partial charge in [-0.15, -0.1) is 5.10 Å². The number of carboxylic acid groups (broad SMARTS) is 1. The van der Waals surface area contributed by atoms with Crippen LogP contribution in [0.5, 0.6) is 5.75 Å². The molecule has 9 nitrogen and oxygen atoms in total. The highest BCUT2D eigenvalue weighted by Crippen LogP contribution is 2.34. The van der Waals surface area contributed by atoms with Gasteiger partial charge in [0.25, 0.3) is 0 Å². The Balaban J connectivity index is 0.000000448. The van der Waals surface area contributed by atoms with E-state index in [-0.39, 0.29) is 5.92 Å². The van der Waals surface area contributed by atoms with Crippen molar-refractivity contribution in [2.45, 2.75) is 44.8 Å². The number of fused-ring (bicyclic) bond motifs is 1. The van der Waals surface area contributed by atoms with Gasteiger partial charge in [-0.3, -0.25) is 0 Å². The number of hydrogen-bond acceptors (Lipinski definition) is 6. The number of anilines is 2. The van der Waals surface area contributed by atoms with Crippen molar-refractivity contribution in [2.24, 2.45) is 0 Å². The topological polar surface area (TPSA) is 107 Å². The number of aliphatic carboxylic acids is 1. The summed E-state index contributed by atoms with van der Waals surface area (Å²) in [5.41, 5.74) is 3.97. The van der Waals surface area contributed by atoms with Crippen LogP contribution in [0.2, 0.25) is 5.02 Å². The van der Waals surface area contributed by atoms with E-state index in [4.69, 9.17) is 36.3 Å². The molecule has 0 amide bonds. The van der Waals surface area contributed by atoms with Gasteiger partial charge in [0.05, 0.1) is 24.8 Å². The molecule has 0 saturated carbocycles. The van der Waals surface area contributed by atoms with Gasteiger partial charge in [-0.05, 0) is 49.6 Å². The molecule has 0 radical (unpaired) electrons. The predicted molar refractivity (Wildman–Crippen MR) is 139 cm³/mol. The Morgan fingerprint density at radius 2 is 1.90 bits per heavy atom. The third-order valence-corrected chi connectivity index (χ3v) is 6.32. The van der Waals surface area contributed by atoms with Gasteiger partial charge in [-0.2, -0.15) is 18.2 Å². The summed E-state index contributed by atoms with van der Waals surface area (Å²) in [6.45, 7) is 2.83. The average molecular weight is 563 g/mol. The Labute approximate surface area is 227 Å². The highest BCUT2D eigenvalue weighted by molar-refractivity contribution is 6.30. The molecule has 39 heavy (non-hydrogen) atoms. The second-order valence-corrected chi connectivity index (χ2v) is 9.29. The maximum Gasteiger partial charge on any atom is 0.490 e. The van der Waals surface area contributed by atoms with Gasteiger partial charge < -0.3 is 19.7 Å². The van der Waals surface area contributed by atoms with Gasteiger partial charge in [0, 0.05) is 35.4 Å². The Bertz CT molecular complexity index is 1440. The minimum Gasteiger partial charge on any atom is -0.494 e. The van der Waals surface area contributed by atoms with Crippen LogP contribution in [-0.4, -0.2) is 48.7 Å². The van der Waals surface area contributed by atoms with Crippen LogP contribution in [0.3, 0.4) is 0 Å². The third kappa shape index (κ3) is 6.88. The summed E-state index contributed by atoms with van der Waals surface area (Å²) < 4.78 is 41.3. The van der Waals surface area contributed by atoms with Crippen LogP contribution in [-0.2, 0) is 11.3 Å². The zero-order valence-corrected chi connectivity index (χ0v) is 21.9. The molecule has 0 fully saturated rings. The SMILES string of the molecule is COc1cc(Nc2nc3n(n2)CCCCC3c2ccc(Cl)cc2)ccc1-n1cnc(C)c1.O=C(O)C(F)(F)F. The number of nitrogens with zero attached hydrogens (tertiary/aromatic N) is 5. The molecule has 0 bridgehead atoms. The first kappa shape index (κ1) is 28.0. The number of carboxylic acids is 1. The van der Waals surface area contributed by atoms with E-state index in [2.05, 4.69) is 22.4 Å². The molecule has 0 aliphatic carbocycles. The zero-order chi connectivity index (χ0) is 28.2. The fraction of sp³-hybridized carbons (Fsp3) is 0.308. The number of benzene rings is 2. The van der Waals surface area contributed by atoms with Gasteiger partial charge in [-0.25, -0.2) is 14.5 Å². The molecule has 0 spiro atoms. The summed E-state index contributed by atoms with van der Waals surface area (Å²) in [5, 5.41) is 16.0. The molecule has 5 rings (SSSR count). The van der Waals surface area contributed by atoms with Crippen molar-refractivity contribution in [3.8, 4) is 11.4 Å². The molecule has 1 aliphatic heterocycles. The number of carbonyl (C=O) groups is 1. The molecule has 3 heterocycles. The summed E-state index contributed by atoms with van der Waals surface area (Å²) in [4.78, 5) is 18.1. The Kier molecular flexibility index (Phi) is 8.44. The van der Waals surface area contributed by atoms with Crippen molar-refractivity contribution in [2.75, 3.05) is 12.4 Å². The summed E-state index contributed by atoms with van der Waals surface area (Å²) in [6.07, 6.45) is 1.95. The quantitative estimate of drug-likeness (QED) is 0.301. The number of rotatable bonds is 5. The summed E-state index contributed by atoms with van der Waals surface area (Å²) >= 11 is 6.10. The number of halogens is 4. The van der Waals surface area contributed by atoms with Crippen LogP contribution in [0.1, 0.15) is 42.3 Å². The molecule has 1 atom stereocenters.